The minimum absolute atomic E-state index is 0.217. The Morgan fingerprint density at radius 3 is 2.68 bits per heavy atom. The van der Waals surface area contributed by atoms with E-state index < -0.39 is 0 Å². The average molecular weight is 306 g/mol. The Labute approximate surface area is 135 Å². The Kier molecular flexibility index (Phi) is 2.22. The van der Waals surface area contributed by atoms with Crippen LogP contribution >= 0.6 is 11.3 Å². The molecular formula is C20H20NS+. The number of hydrogen-bond donors (Lipinski definition) is 0. The van der Waals surface area contributed by atoms with Crippen molar-refractivity contribution in [3.8, 4) is 10.6 Å². The molecule has 0 radical (unpaired) electrons. The molecule has 3 unspecified atom stereocenters. The molecule has 5 rings (SSSR count). The molecule has 3 heterocycles. The van der Waals surface area contributed by atoms with Crippen molar-refractivity contribution in [1.29, 1.82) is 0 Å². The molecule has 2 aliphatic rings. The zero-order valence-corrected chi connectivity index (χ0v) is 14.1. The summed E-state index contributed by atoms with van der Waals surface area (Å²) in [6, 6.07) is 15.6. The number of aromatic nitrogens is 1. The molecule has 1 aliphatic carbocycles. The third-order valence-electron chi connectivity index (χ3n) is 6.46. The fraction of sp³-hybridized carbons (Fsp3) is 0.350. The first-order chi connectivity index (χ1) is 10.6. The van der Waals surface area contributed by atoms with Gasteiger partial charge in [0.2, 0.25) is 5.69 Å². The van der Waals surface area contributed by atoms with Crippen molar-refractivity contribution in [1.82, 2.24) is 0 Å². The van der Waals surface area contributed by atoms with E-state index in [-0.39, 0.29) is 11.0 Å². The second kappa shape index (κ2) is 3.80. The molecule has 1 aliphatic heterocycles. The lowest BCUT2D eigenvalue weighted by Crippen LogP contribution is -2.52. The minimum Gasteiger partial charge on any atom is -0.191 e. The number of thiophene rings is 1. The predicted molar refractivity (Wildman–Crippen MR) is 92.2 cm³/mol. The molecule has 3 aromatic rings. The molecule has 1 saturated carbocycles. The summed E-state index contributed by atoms with van der Waals surface area (Å²) in [4.78, 5) is 1.48. The van der Waals surface area contributed by atoms with Gasteiger partial charge < -0.3 is 0 Å². The number of benzene rings is 1. The average Bonchev–Trinajstić information content (AvgIpc) is 2.87. The number of nitrogens with zero attached hydrogens (tertiary/aromatic N) is 1. The van der Waals surface area contributed by atoms with E-state index in [1.165, 1.54) is 27.1 Å². The highest BCUT2D eigenvalue weighted by Crippen LogP contribution is 2.71. The second-order valence-corrected chi connectivity index (χ2v) is 8.12. The van der Waals surface area contributed by atoms with Crippen molar-refractivity contribution in [3.05, 3.63) is 54.2 Å². The summed E-state index contributed by atoms with van der Waals surface area (Å²) in [5.41, 5.74) is 3.48. The number of pyridine rings is 1. The van der Waals surface area contributed by atoms with E-state index in [2.05, 4.69) is 74.0 Å². The normalized spacial score (nSPS) is 31.5. The van der Waals surface area contributed by atoms with Gasteiger partial charge >= 0.3 is 0 Å². The Bertz CT molecular complexity index is 924. The Morgan fingerprint density at radius 1 is 1.09 bits per heavy atom. The molecule has 0 bridgehead atoms. The van der Waals surface area contributed by atoms with E-state index in [9.17, 15) is 0 Å². The maximum Gasteiger partial charge on any atom is 0.223 e. The lowest BCUT2D eigenvalue weighted by Gasteiger charge is -2.22. The van der Waals surface area contributed by atoms with Crippen LogP contribution in [-0.4, -0.2) is 0 Å². The zero-order chi connectivity index (χ0) is 15.1. The summed E-state index contributed by atoms with van der Waals surface area (Å²) in [5.74, 6) is 0.713. The molecule has 0 amide bonds. The van der Waals surface area contributed by atoms with Crippen LogP contribution in [0.2, 0.25) is 0 Å². The Morgan fingerprint density at radius 2 is 1.86 bits per heavy atom. The molecule has 2 heteroatoms. The number of fused-ring (bicyclic) bond motifs is 8. The monoisotopic (exact) mass is 306 g/mol. The minimum atomic E-state index is 0.217. The quantitative estimate of drug-likeness (QED) is 0.564. The SMILES string of the molecule is CCC1C2(C)c3c(sc4ccccc34)-c3cccc[n+]3C12C. The third-order valence-corrected chi connectivity index (χ3v) is 7.65. The zero-order valence-electron chi connectivity index (χ0n) is 13.3. The van der Waals surface area contributed by atoms with E-state index in [0.717, 1.165) is 0 Å². The maximum atomic E-state index is 2.55. The summed E-state index contributed by atoms with van der Waals surface area (Å²) in [6.07, 6.45) is 3.52. The lowest BCUT2D eigenvalue weighted by molar-refractivity contribution is -0.734. The van der Waals surface area contributed by atoms with Gasteiger partial charge in [0.05, 0.1) is 5.41 Å². The molecule has 0 saturated heterocycles. The molecule has 1 fully saturated rings. The van der Waals surface area contributed by atoms with Gasteiger partial charge in [0.15, 0.2) is 11.7 Å². The van der Waals surface area contributed by atoms with Gasteiger partial charge in [-0.1, -0.05) is 25.1 Å². The highest BCUT2D eigenvalue weighted by molar-refractivity contribution is 7.22. The fourth-order valence-electron chi connectivity index (χ4n) is 5.31. The highest BCUT2D eigenvalue weighted by atomic mass is 32.1. The van der Waals surface area contributed by atoms with Gasteiger partial charge in [0.1, 0.15) is 4.88 Å². The molecule has 0 spiro atoms. The topological polar surface area (TPSA) is 3.88 Å². The Hall–Kier alpha value is -1.67. The highest BCUT2D eigenvalue weighted by Gasteiger charge is 2.81. The summed E-state index contributed by atoms with van der Waals surface area (Å²) >= 11 is 1.96. The van der Waals surface area contributed by atoms with Crippen molar-refractivity contribution >= 4 is 21.4 Å². The van der Waals surface area contributed by atoms with Crippen LogP contribution in [0.5, 0.6) is 0 Å². The summed E-state index contributed by atoms with van der Waals surface area (Å²) in [6.45, 7) is 7.29. The van der Waals surface area contributed by atoms with Gasteiger partial charge in [-0.2, -0.15) is 4.57 Å². The van der Waals surface area contributed by atoms with E-state index in [0.29, 0.717) is 5.92 Å². The molecule has 1 nitrogen and oxygen atoms in total. The summed E-state index contributed by atoms with van der Waals surface area (Å²) < 4.78 is 3.98. The van der Waals surface area contributed by atoms with Gasteiger partial charge in [-0.25, -0.2) is 0 Å². The molecule has 2 aromatic heterocycles. The van der Waals surface area contributed by atoms with Crippen LogP contribution in [0.3, 0.4) is 0 Å². The molecule has 22 heavy (non-hydrogen) atoms. The van der Waals surface area contributed by atoms with Crippen molar-refractivity contribution in [3.63, 3.8) is 0 Å². The van der Waals surface area contributed by atoms with Gasteiger partial charge in [0, 0.05) is 29.7 Å². The van der Waals surface area contributed by atoms with E-state index in [4.69, 9.17) is 0 Å². The van der Waals surface area contributed by atoms with Crippen LogP contribution in [0.25, 0.3) is 20.7 Å². The van der Waals surface area contributed by atoms with Gasteiger partial charge in [0.25, 0.3) is 0 Å². The standard InChI is InChI=1S/C20H20NS/c1-4-16-19(2)17-13-9-5-6-11-15(13)22-18(17)14-10-7-8-12-21(14)20(16,19)3/h5-12,16H,4H2,1-3H3/q+1. The number of rotatable bonds is 1. The first-order valence-electron chi connectivity index (χ1n) is 8.17. The molecule has 110 valence electrons. The van der Waals surface area contributed by atoms with E-state index in [1.807, 2.05) is 11.3 Å². The van der Waals surface area contributed by atoms with Crippen LogP contribution in [0.1, 0.15) is 32.8 Å². The van der Waals surface area contributed by atoms with Crippen LogP contribution in [0.4, 0.5) is 0 Å². The van der Waals surface area contributed by atoms with Gasteiger partial charge in [-0.3, -0.25) is 0 Å². The molecular weight excluding hydrogens is 286 g/mol. The maximum absolute atomic E-state index is 2.55. The van der Waals surface area contributed by atoms with Crippen molar-refractivity contribution < 1.29 is 4.57 Å². The molecule has 1 aromatic carbocycles. The first-order valence-corrected chi connectivity index (χ1v) is 8.99. The lowest BCUT2D eigenvalue weighted by atomic mass is 9.86. The predicted octanol–water partition coefficient (Wildman–Crippen LogP) is 4.88. The van der Waals surface area contributed by atoms with Crippen LogP contribution < -0.4 is 4.57 Å². The molecule has 3 atom stereocenters. The van der Waals surface area contributed by atoms with Crippen LogP contribution in [0, 0.1) is 5.92 Å². The Balaban J connectivity index is 1.97. The van der Waals surface area contributed by atoms with Crippen molar-refractivity contribution in [2.24, 2.45) is 5.92 Å². The number of hydrogen-bond acceptors (Lipinski definition) is 1. The largest absolute Gasteiger partial charge is 0.223 e. The van der Waals surface area contributed by atoms with E-state index >= 15 is 0 Å². The first kappa shape index (κ1) is 12.8. The third kappa shape index (κ3) is 1.15. The smallest absolute Gasteiger partial charge is 0.191 e. The fourth-order valence-corrected chi connectivity index (χ4v) is 6.65. The molecule has 0 N–H and O–H groups in total. The summed E-state index contributed by atoms with van der Waals surface area (Å²) in [7, 11) is 0. The van der Waals surface area contributed by atoms with Gasteiger partial charge in [-0.15, -0.1) is 11.3 Å². The second-order valence-electron chi connectivity index (χ2n) is 7.07. The van der Waals surface area contributed by atoms with Crippen molar-refractivity contribution in [2.45, 2.75) is 38.1 Å². The van der Waals surface area contributed by atoms with Crippen LogP contribution in [0.15, 0.2) is 48.7 Å². The van der Waals surface area contributed by atoms with Crippen LogP contribution in [-0.2, 0) is 11.0 Å². The van der Waals surface area contributed by atoms with Crippen molar-refractivity contribution in [2.75, 3.05) is 0 Å². The van der Waals surface area contributed by atoms with Gasteiger partial charge in [-0.05, 0) is 36.4 Å². The summed E-state index contributed by atoms with van der Waals surface area (Å²) in [5, 5.41) is 1.47. The van der Waals surface area contributed by atoms with E-state index in [1.54, 1.807) is 5.56 Å².